The van der Waals surface area contributed by atoms with Crippen molar-refractivity contribution in [2.45, 2.75) is 4.90 Å². The Labute approximate surface area is 155 Å². The summed E-state index contributed by atoms with van der Waals surface area (Å²) in [5, 5.41) is 3.05. The van der Waals surface area contributed by atoms with E-state index in [4.69, 9.17) is 11.6 Å². The van der Waals surface area contributed by atoms with E-state index in [-0.39, 0.29) is 9.92 Å². The van der Waals surface area contributed by atoms with Crippen molar-refractivity contribution >= 4 is 38.3 Å². The average Bonchev–Trinajstić information content (AvgIpc) is 3.09. The van der Waals surface area contributed by atoms with Gasteiger partial charge in [-0.2, -0.15) is 0 Å². The molecular formula is C17H16ClFN4O2S. The highest BCUT2D eigenvalue weighted by molar-refractivity contribution is 7.90. The number of imidazole rings is 1. The SMILES string of the molecule is O=S(=O)(c1ccc(F)c(Cl)c1)n1cnc2c(N3CCNCC3)cccc21. The van der Waals surface area contributed by atoms with E-state index in [1.165, 1.54) is 12.4 Å². The van der Waals surface area contributed by atoms with Crippen LogP contribution in [0.15, 0.2) is 47.6 Å². The van der Waals surface area contributed by atoms with Crippen molar-refractivity contribution in [3.63, 3.8) is 0 Å². The zero-order chi connectivity index (χ0) is 18.3. The summed E-state index contributed by atoms with van der Waals surface area (Å²) >= 11 is 5.75. The van der Waals surface area contributed by atoms with Gasteiger partial charge in [0.05, 0.1) is 21.1 Å². The molecule has 3 aromatic rings. The molecule has 0 unspecified atom stereocenters. The molecule has 2 heterocycles. The minimum Gasteiger partial charge on any atom is -0.367 e. The summed E-state index contributed by atoms with van der Waals surface area (Å²) < 4.78 is 40.4. The topological polar surface area (TPSA) is 67.2 Å². The Balaban J connectivity index is 1.83. The minimum atomic E-state index is -3.94. The molecule has 1 aliphatic rings. The first kappa shape index (κ1) is 17.3. The number of rotatable bonds is 3. The molecule has 1 aromatic heterocycles. The highest BCUT2D eigenvalue weighted by Gasteiger charge is 2.23. The van der Waals surface area contributed by atoms with Crippen LogP contribution in [-0.2, 0) is 10.0 Å². The Morgan fingerprint density at radius 1 is 1.15 bits per heavy atom. The van der Waals surface area contributed by atoms with Crippen LogP contribution in [0.1, 0.15) is 0 Å². The maximum atomic E-state index is 13.4. The number of nitrogens with one attached hydrogen (secondary N) is 1. The minimum absolute atomic E-state index is 0.0872. The number of nitrogens with zero attached hydrogens (tertiary/aromatic N) is 3. The predicted octanol–water partition coefficient (Wildman–Crippen LogP) is 2.48. The maximum Gasteiger partial charge on any atom is 0.269 e. The van der Waals surface area contributed by atoms with Gasteiger partial charge in [-0.3, -0.25) is 0 Å². The van der Waals surface area contributed by atoms with Crippen LogP contribution in [-0.4, -0.2) is 43.6 Å². The number of hydrogen-bond donors (Lipinski definition) is 1. The molecule has 1 saturated heterocycles. The summed E-state index contributed by atoms with van der Waals surface area (Å²) in [4.78, 5) is 6.43. The van der Waals surface area contributed by atoms with Gasteiger partial charge in [-0.05, 0) is 30.3 Å². The van der Waals surface area contributed by atoms with E-state index in [1.54, 1.807) is 6.07 Å². The average molecular weight is 395 g/mol. The first-order valence-electron chi connectivity index (χ1n) is 8.11. The summed E-state index contributed by atoms with van der Waals surface area (Å²) in [6, 6.07) is 8.80. The lowest BCUT2D eigenvalue weighted by Crippen LogP contribution is -2.43. The number of hydrogen-bond acceptors (Lipinski definition) is 5. The molecule has 2 aromatic carbocycles. The van der Waals surface area contributed by atoms with Crippen LogP contribution in [0.3, 0.4) is 0 Å². The lowest BCUT2D eigenvalue weighted by atomic mass is 10.2. The quantitative estimate of drug-likeness (QED) is 0.739. The van der Waals surface area contributed by atoms with E-state index in [1.807, 2.05) is 12.1 Å². The van der Waals surface area contributed by atoms with E-state index in [0.29, 0.717) is 11.0 Å². The highest BCUT2D eigenvalue weighted by Crippen LogP contribution is 2.29. The van der Waals surface area contributed by atoms with Gasteiger partial charge in [0.15, 0.2) is 0 Å². The van der Waals surface area contributed by atoms with Crippen molar-refractivity contribution in [3.05, 3.63) is 53.6 Å². The fraction of sp³-hybridized carbons (Fsp3) is 0.235. The van der Waals surface area contributed by atoms with Crippen LogP contribution in [0.2, 0.25) is 5.02 Å². The summed E-state index contributed by atoms with van der Waals surface area (Å²) in [5.41, 5.74) is 1.99. The second kappa shape index (κ2) is 6.53. The fourth-order valence-corrected chi connectivity index (χ4v) is 4.66. The fourth-order valence-electron chi connectivity index (χ4n) is 3.11. The van der Waals surface area contributed by atoms with Crippen LogP contribution in [0, 0.1) is 5.82 Å². The zero-order valence-electron chi connectivity index (χ0n) is 13.7. The molecule has 1 fully saturated rings. The largest absolute Gasteiger partial charge is 0.367 e. The molecule has 26 heavy (non-hydrogen) atoms. The molecule has 136 valence electrons. The molecule has 9 heteroatoms. The normalized spacial score (nSPS) is 15.5. The van der Waals surface area contributed by atoms with Crippen LogP contribution in [0.25, 0.3) is 11.0 Å². The number of aromatic nitrogens is 2. The smallest absolute Gasteiger partial charge is 0.269 e. The molecule has 0 atom stereocenters. The van der Waals surface area contributed by atoms with Crippen molar-refractivity contribution in [3.8, 4) is 0 Å². The van der Waals surface area contributed by atoms with Crippen LogP contribution in [0.5, 0.6) is 0 Å². The van der Waals surface area contributed by atoms with E-state index >= 15 is 0 Å². The van der Waals surface area contributed by atoms with Gasteiger partial charge in [0.25, 0.3) is 10.0 Å². The van der Waals surface area contributed by atoms with E-state index in [2.05, 4.69) is 15.2 Å². The van der Waals surface area contributed by atoms with Gasteiger partial charge in [-0.1, -0.05) is 17.7 Å². The molecule has 0 saturated carbocycles. The van der Waals surface area contributed by atoms with Crippen LogP contribution >= 0.6 is 11.6 Å². The van der Waals surface area contributed by atoms with Gasteiger partial charge in [-0.25, -0.2) is 21.8 Å². The molecule has 0 spiro atoms. The lowest BCUT2D eigenvalue weighted by molar-refractivity contribution is 0.587. The van der Waals surface area contributed by atoms with Gasteiger partial charge in [-0.15, -0.1) is 0 Å². The van der Waals surface area contributed by atoms with E-state index in [9.17, 15) is 12.8 Å². The predicted molar refractivity (Wildman–Crippen MR) is 98.8 cm³/mol. The van der Waals surface area contributed by atoms with Gasteiger partial charge < -0.3 is 10.2 Å². The number of benzene rings is 2. The first-order chi connectivity index (χ1) is 12.5. The number of anilines is 1. The third-order valence-corrected chi connectivity index (χ3v) is 6.38. The van der Waals surface area contributed by atoms with E-state index in [0.717, 1.165) is 48.0 Å². The Bertz CT molecular complexity index is 1080. The molecule has 4 rings (SSSR count). The second-order valence-electron chi connectivity index (χ2n) is 6.00. The van der Waals surface area contributed by atoms with Crippen molar-refractivity contribution in [1.82, 2.24) is 14.3 Å². The second-order valence-corrected chi connectivity index (χ2v) is 8.23. The van der Waals surface area contributed by atoms with Crippen molar-refractivity contribution in [1.29, 1.82) is 0 Å². The molecule has 0 radical (unpaired) electrons. The highest BCUT2D eigenvalue weighted by atomic mass is 35.5. The summed E-state index contributed by atoms with van der Waals surface area (Å²) in [6.45, 7) is 3.38. The Hall–Kier alpha value is -2.16. The molecule has 0 amide bonds. The Morgan fingerprint density at radius 3 is 2.65 bits per heavy atom. The Morgan fingerprint density at radius 2 is 1.92 bits per heavy atom. The Kier molecular flexibility index (Phi) is 4.34. The maximum absolute atomic E-state index is 13.4. The summed E-state index contributed by atoms with van der Waals surface area (Å²) in [5.74, 6) is -0.665. The molecule has 0 bridgehead atoms. The molecule has 1 aliphatic heterocycles. The van der Waals surface area contributed by atoms with Crippen molar-refractivity contribution in [2.75, 3.05) is 31.1 Å². The third-order valence-electron chi connectivity index (χ3n) is 4.43. The number of fused-ring (bicyclic) bond motifs is 1. The molecule has 6 nitrogen and oxygen atoms in total. The monoisotopic (exact) mass is 394 g/mol. The number of halogens is 2. The summed E-state index contributed by atoms with van der Waals surface area (Å²) in [6.07, 6.45) is 1.28. The molecule has 1 N–H and O–H groups in total. The standard InChI is InChI=1S/C17H16ClFN4O2S/c18-13-10-12(4-5-14(13)19)26(24,25)23-11-21-17-15(2-1-3-16(17)23)22-8-6-20-7-9-22/h1-5,10-11,20H,6-9H2. The van der Waals surface area contributed by atoms with E-state index < -0.39 is 15.8 Å². The van der Waals surface area contributed by atoms with Crippen LogP contribution in [0.4, 0.5) is 10.1 Å². The number of piperazine rings is 1. The number of para-hydroxylation sites is 1. The van der Waals surface area contributed by atoms with Gasteiger partial charge in [0.2, 0.25) is 0 Å². The summed E-state index contributed by atoms with van der Waals surface area (Å²) in [7, 11) is -3.94. The zero-order valence-corrected chi connectivity index (χ0v) is 15.3. The van der Waals surface area contributed by atoms with Gasteiger partial charge in [0.1, 0.15) is 17.7 Å². The van der Waals surface area contributed by atoms with Gasteiger partial charge >= 0.3 is 0 Å². The van der Waals surface area contributed by atoms with Crippen molar-refractivity contribution in [2.24, 2.45) is 0 Å². The molecule has 0 aliphatic carbocycles. The first-order valence-corrected chi connectivity index (χ1v) is 9.92. The molecular weight excluding hydrogens is 379 g/mol. The van der Waals surface area contributed by atoms with Gasteiger partial charge in [0, 0.05) is 26.2 Å². The van der Waals surface area contributed by atoms with Crippen LogP contribution < -0.4 is 10.2 Å². The third kappa shape index (κ3) is 2.84. The lowest BCUT2D eigenvalue weighted by Gasteiger charge is -2.29. The van der Waals surface area contributed by atoms with Crippen molar-refractivity contribution < 1.29 is 12.8 Å².